The van der Waals surface area contributed by atoms with Crippen molar-refractivity contribution >= 4 is 11.6 Å². The summed E-state index contributed by atoms with van der Waals surface area (Å²) in [5, 5.41) is 2.97. The van der Waals surface area contributed by atoms with Gasteiger partial charge in [0.1, 0.15) is 11.5 Å². The molecule has 0 heterocycles. The lowest BCUT2D eigenvalue weighted by molar-refractivity contribution is -0.126. The second kappa shape index (κ2) is 6.80. The Morgan fingerprint density at radius 3 is 2.19 bits per heavy atom. The fraction of sp³-hybridized carbons (Fsp3) is 0.562. The summed E-state index contributed by atoms with van der Waals surface area (Å²) in [6, 6.07) is 5.34. The van der Waals surface area contributed by atoms with E-state index in [1.165, 1.54) is 6.42 Å². The largest absolute Gasteiger partial charge is 0.497 e. The van der Waals surface area contributed by atoms with Crippen molar-refractivity contribution in [2.24, 2.45) is 11.1 Å². The van der Waals surface area contributed by atoms with Crippen LogP contribution in [-0.2, 0) is 4.79 Å². The Hall–Kier alpha value is -1.75. The van der Waals surface area contributed by atoms with Crippen molar-refractivity contribution in [3.8, 4) is 11.5 Å². The second-order valence-corrected chi connectivity index (χ2v) is 5.60. The van der Waals surface area contributed by atoms with Crippen LogP contribution in [0.3, 0.4) is 0 Å². The maximum atomic E-state index is 12.6. The van der Waals surface area contributed by atoms with E-state index in [4.69, 9.17) is 15.2 Å². The Labute approximate surface area is 125 Å². The number of nitrogens with one attached hydrogen (secondary N) is 1. The molecule has 0 atom stereocenters. The smallest absolute Gasteiger partial charge is 0.231 e. The van der Waals surface area contributed by atoms with Gasteiger partial charge >= 0.3 is 0 Å². The summed E-state index contributed by atoms with van der Waals surface area (Å²) in [6.45, 7) is 0.389. The molecule has 0 saturated heterocycles. The van der Waals surface area contributed by atoms with E-state index in [2.05, 4.69) is 5.32 Å². The Kier molecular flexibility index (Phi) is 5.07. The first-order valence-electron chi connectivity index (χ1n) is 7.38. The molecule has 1 aromatic carbocycles. The third-order valence-electron chi connectivity index (χ3n) is 4.29. The predicted molar refractivity (Wildman–Crippen MR) is 82.7 cm³/mol. The summed E-state index contributed by atoms with van der Waals surface area (Å²) in [6.07, 6.45) is 5.02. The van der Waals surface area contributed by atoms with Gasteiger partial charge in [-0.25, -0.2) is 0 Å². The molecule has 0 radical (unpaired) electrons. The van der Waals surface area contributed by atoms with E-state index in [1.807, 2.05) is 0 Å². The predicted octanol–water partition coefficient (Wildman–Crippen LogP) is 2.55. The SMILES string of the molecule is COc1cc(NC(=O)C2(CN)CCCCC2)cc(OC)c1. The number of amides is 1. The van der Waals surface area contributed by atoms with E-state index in [1.54, 1.807) is 32.4 Å². The van der Waals surface area contributed by atoms with Gasteiger partial charge in [-0.05, 0) is 12.8 Å². The first kappa shape index (κ1) is 15.6. The molecule has 1 saturated carbocycles. The van der Waals surface area contributed by atoms with E-state index < -0.39 is 5.41 Å². The van der Waals surface area contributed by atoms with E-state index in [9.17, 15) is 4.79 Å². The molecule has 1 amide bonds. The van der Waals surface area contributed by atoms with Gasteiger partial charge in [-0.2, -0.15) is 0 Å². The van der Waals surface area contributed by atoms with Crippen LogP contribution in [0.5, 0.6) is 11.5 Å². The van der Waals surface area contributed by atoms with E-state index in [0.717, 1.165) is 25.7 Å². The second-order valence-electron chi connectivity index (χ2n) is 5.60. The molecular formula is C16H24N2O3. The van der Waals surface area contributed by atoms with Crippen LogP contribution in [0.1, 0.15) is 32.1 Å². The molecule has 1 fully saturated rings. The summed E-state index contributed by atoms with van der Waals surface area (Å²) in [5.74, 6) is 1.30. The Bertz CT molecular complexity index is 474. The first-order chi connectivity index (χ1) is 10.1. The Morgan fingerprint density at radius 1 is 1.14 bits per heavy atom. The first-order valence-corrected chi connectivity index (χ1v) is 7.38. The number of carbonyl (C=O) groups is 1. The summed E-state index contributed by atoms with van der Waals surface area (Å²) in [7, 11) is 3.17. The number of rotatable bonds is 5. The van der Waals surface area contributed by atoms with Crippen LogP contribution in [0, 0.1) is 5.41 Å². The Balaban J connectivity index is 2.18. The van der Waals surface area contributed by atoms with Gasteiger partial charge in [0.2, 0.25) is 5.91 Å². The van der Waals surface area contributed by atoms with Crippen LogP contribution >= 0.6 is 0 Å². The minimum Gasteiger partial charge on any atom is -0.497 e. The molecule has 0 aromatic heterocycles. The molecule has 1 aliphatic carbocycles. The minimum absolute atomic E-state index is 0.00000567. The minimum atomic E-state index is -0.436. The van der Waals surface area contributed by atoms with Gasteiger partial charge < -0.3 is 20.5 Å². The van der Waals surface area contributed by atoms with Gasteiger partial charge in [0, 0.05) is 30.4 Å². The maximum absolute atomic E-state index is 12.6. The average Bonchev–Trinajstić information content (AvgIpc) is 2.54. The van der Waals surface area contributed by atoms with Gasteiger partial charge in [0.25, 0.3) is 0 Å². The molecule has 1 aromatic rings. The lowest BCUT2D eigenvalue weighted by Crippen LogP contribution is -2.43. The number of hydrogen-bond donors (Lipinski definition) is 2. The molecule has 0 bridgehead atoms. The topological polar surface area (TPSA) is 73.6 Å². The highest BCUT2D eigenvalue weighted by Crippen LogP contribution is 2.37. The fourth-order valence-electron chi connectivity index (χ4n) is 2.90. The molecule has 0 spiro atoms. The number of hydrogen-bond acceptors (Lipinski definition) is 4. The van der Waals surface area contributed by atoms with Crippen LogP contribution in [0.4, 0.5) is 5.69 Å². The van der Waals surface area contributed by atoms with Crippen LogP contribution in [0.15, 0.2) is 18.2 Å². The monoisotopic (exact) mass is 292 g/mol. The highest BCUT2D eigenvalue weighted by Gasteiger charge is 2.38. The van der Waals surface area contributed by atoms with Gasteiger partial charge in [0.15, 0.2) is 0 Å². The number of nitrogens with two attached hydrogens (primary N) is 1. The maximum Gasteiger partial charge on any atom is 0.231 e. The lowest BCUT2D eigenvalue weighted by atomic mass is 9.73. The molecular weight excluding hydrogens is 268 g/mol. The zero-order chi connectivity index (χ0) is 15.3. The quantitative estimate of drug-likeness (QED) is 0.874. The average molecular weight is 292 g/mol. The van der Waals surface area contributed by atoms with E-state index in [0.29, 0.717) is 23.7 Å². The number of carbonyl (C=O) groups excluding carboxylic acids is 1. The zero-order valence-corrected chi connectivity index (χ0v) is 12.8. The molecule has 21 heavy (non-hydrogen) atoms. The number of methoxy groups -OCH3 is 2. The van der Waals surface area contributed by atoms with Gasteiger partial charge in [-0.3, -0.25) is 4.79 Å². The lowest BCUT2D eigenvalue weighted by Gasteiger charge is -2.34. The van der Waals surface area contributed by atoms with Gasteiger partial charge in [0.05, 0.1) is 19.6 Å². The third-order valence-corrected chi connectivity index (χ3v) is 4.29. The molecule has 2 rings (SSSR count). The molecule has 5 heteroatoms. The molecule has 0 aliphatic heterocycles. The molecule has 1 aliphatic rings. The third kappa shape index (κ3) is 3.47. The zero-order valence-electron chi connectivity index (χ0n) is 12.8. The standard InChI is InChI=1S/C16H24N2O3/c1-20-13-8-12(9-14(10-13)21-2)18-15(19)16(11-17)6-4-3-5-7-16/h8-10H,3-7,11,17H2,1-2H3,(H,18,19). The normalized spacial score (nSPS) is 17.1. The van der Waals surface area contributed by atoms with Crippen LogP contribution < -0.4 is 20.5 Å². The molecule has 3 N–H and O–H groups in total. The molecule has 5 nitrogen and oxygen atoms in total. The number of ether oxygens (including phenoxy) is 2. The van der Waals surface area contributed by atoms with Crippen molar-refractivity contribution in [1.29, 1.82) is 0 Å². The summed E-state index contributed by atoms with van der Waals surface area (Å²) in [4.78, 5) is 12.6. The summed E-state index contributed by atoms with van der Waals surface area (Å²) >= 11 is 0. The van der Waals surface area contributed by atoms with E-state index >= 15 is 0 Å². The van der Waals surface area contributed by atoms with Crippen LogP contribution in [0.25, 0.3) is 0 Å². The fourth-order valence-corrected chi connectivity index (χ4v) is 2.90. The molecule has 116 valence electrons. The van der Waals surface area contributed by atoms with E-state index in [-0.39, 0.29) is 5.91 Å². The van der Waals surface area contributed by atoms with Crippen molar-refractivity contribution in [1.82, 2.24) is 0 Å². The number of benzene rings is 1. The van der Waals surface area contributed by atoms with Crippen LogP contribution in [-0.4, -0.2) is 26.7 Å². The van der Waals surface area contributed by atoms with Crippen LogP contribution in [0.2, 0.25) is 0 Å². The van der Waals surface area contributed by atoms with Crippen molar-refractivity contribution in [3.63, 3.8) is 0 Å². The van der Waals surface area contributed by atoms with Crippen molar-refractivity contribution < 1.29 is 14.3 Å². The summed E-state index contributed by atoms with van der Waals surface area (Å²) < 4.78 is 10.4. The number of anilines is 1. The van der Waals surface area contributed by atoms with Gasteiger partial charge in [-0.15, -0.1) is 0 Å². The highest BCUT2D eigenvalue weighted by molar-refractivity contribution is 5.96. The Morgan fingerprint density at radius 2 is 1.71 bits per heavy atom. The summed E-state index contributed by atoms with van der Waals surface area (Å²) in [5.41, 5.74) is 6.13. The van der Waals surface area contributed by atoms with Crippen molar-refractivity contribution in [2.75, 3.05) is 26.1 Å². The van der Waals surface area contributed by atoms with Crippen molar-refractivity contribution in [2.45, 2.75) is 32.1 Å². The highest BCUT2D eigenvalue weighted by atomic mass is 16.5. The molecule has 0 unspecified atom stereocenters. The van der Waals surface area contributed by atoms with Gasteiger partial charge in [-0.1, -0.05) is 19.3 Å². The van der Waals surface area contributed by atoms with Crippen molar-refractivity contribution in [3.05, 3.63) is 18.2 Å².